The number of aliphatic hydroxyl groups excluding tert-OH is 1. The molecule has 5 rings (SSSR count). The van der Waals surface area contributed by atoms with Gasteiger partial charge in [-0.3, -0.25) is 14.4 Å². The highest BCUT2D eigenvalue weighted by atomic mass is 16.5. The number of aliphatic hydroxyl groups is 1. The number of carbonyl (C=O) groups is 3. The SMILES string of the molecule is CCCCN(CCCC)C(=O)c1cc(C)n(-c2ccc(NC(=O)COc3ccc(C(C)C)cc3)cc2C(=O)N2Cc3ccccc3C[C@H]2CO)n1. The molecule has 10 heteroatoms. The van der Waals surface area contributed by atoms with Gasteiger partial charge in [0.2, 0.25) is 0 Å². The van der Waals surface area contributed by atoms with Gasteiger partial charge in [0.1, 0.15) is 5.75 Å². The molecule has 0 spiro atoms. The number of anilines is 1. The molecule has 0 radical (unpaired) electrons. The third kappa shape index (κ3) is 9.05. The second-order valence-electron chi connectivity index (χ2n) is 13.6. The molecule has 10 nitrogen and oxygen atoms in total. The number of ether oxygens (including phenoxy) is 1. The van der Waals surface area contributed by atoms with Crippen LogP contribution in [-0.2, 0) is 17.8 Å². The van der Waals surface area contributed by atoms with Gasteiger partial charge in [0.15, 0.2) is 12.3 Å². The van der Waals surface area contributed by atoms with Crippen LogP contribution in [0.2, 0.25) is 0 Å². The zero-order valence-corrected chi connectivity index (χ0v) is 30.5. The molecule has 3 amide bonds. The van der Waals surface area contributed by atoms with E-state index in [0.29, 0.717) is 60.5 Å². The third-order valence-electron chi connectivity index (χ3n) is 9.44. The molecule has 0 bridgehead atoms. The lowest BCUT2D eigenvalue weighted by Gasteiger charge is -2.36. The zero-order chi connectivity index (χ0) is 36.5. The standard InChI is InChI=1S/C41H51N5O5/c1-6-8-20-44(21-9-7-2)41(50)37-22-29(5)46(43-37)38-19-16-33(42-39(48)27-51-35-17-14-30(15-18-35)28(3)4)24-36(38)40(49)45-25-32-13-11-10-12-31(32)23-34(45)26-47/h10-19,22,24,28,34,47H,6-9,20-21,23,25-27H2,1-5H3,(H,42,48)/t34-/m0/s1. The first kappa shape index (κ1) is 37.3. The summed E-state index contributed by atoms with van der Waals surface area (Å²) in [6.45, 7) is 11.5. The van der Waals surface area contributed by atoms with Gasteiger partial charge >= 0.3 is 0 Å². The van der Waals surface area contributed by atoms with E-state index in [4.69, 9.17) is 9.84 Å². The minimum absolute atomic E-state index is 0.137. The highest BCUT2D eigenvalue weighted by Crippen LogP contribution is 2.29. The van der Waals surface area contributed by atoms with E-state index >= 15 is 0 Å². The number of nitrogens with one attached hydrogen (secondary N) is 1. The number of hydrogen-bond donors (Lipinski definition) is 2. The predicted octanol–water partition coefficient (Wildman–Crippen LogP) is 6.92. The summed E-state index contributed by atoms with van der Waals surface area (Å²) in [5.41, 5.74) is 5.47. The summed E-state index contributed by atoms with van der Waals surface area (Å²) >= 11 is 0. The Bertz CT molecular complexity index is 1810. The molecular weight excluding hydrogens is 642 g/mol. The van der Waals surface area contributed by atoms with Crippen molar-refractivity contribution in [2.24, 2.45) is 0 Å². The smallest absolute Gasteiger partial charge is 0.274 e. The maximum absolute atomic E-state index is 14.6. The van der Waals surface area contributed by atoms with Gasteiger partial charge < -0.3 is 25.0 Å². The van der Waals surface area contributed by atoms with E-state index in [0.717, 1.165) is 36.8 Å². The summed E-state index contributed by atoms with van der Waals surface area (Å²) < 4.78 is 7.37. The molecule has 0 unspecified atom stereocenters. The molecule has 270 valence electrons. The fourth-order valence-corrected chi connectivity index (χ4v) is 6.41. The molecule has 0 fully saturated rings. The number of carbonyl (C=O) groups excluding carboxylic acids is 3. The summed E-state index contributed by atoms with van der Waals surface area (Å²) in [4.78, 5) is 44.8. The van der Waals surface area contributed by atoms with Crippen LogP contribution in [0.25, 0.3) is 5.69 Å². The van der Waals surface area contributed by atoms with Gasteiger partial charge in [-0.05, 0) is 85.2 Å². The van der Waals surface area contributed by atoms with Gasteiger partial charge in [0.25, 0.3) is 17.7 Å². The van der Waals surface area contributed by atoms with Crippen molar-refractivity contribution in [1.29, 1.82) is 0 Å². The number of aryl methyl sites for hydroxylation is 1. The summed E-state index contributed by atoms with van der Waals surface area (Å²) in [5.74, 6) is 0.146. The van der Waals surface area contributed by atoms with Crippen LogP contribution in [0.4, 0.5) is 5.69 Å². The minimum Gasteiger partial charge on any atom is -0.484 e. The normalized spacial score (nSPS) is 13.9. The molecule has 0 saturated carbocycles. The lowest BCUT2D eigenvalue weighted by Crippen LogP contribution is -2.46. The maximum Gasteiger partial charge on any atom is 0.274 e. The van der Waals surface area contributed by atoms with E-state index in [1.807, 2.05) is 60.4 Å². The first-order valence-electron chi connectivity index (χ1n) is 18.1. The Labute approximate surface area is 301 Å². The molecule has 4 aromatic rings. The molecule has 2 N–H and O–H groups in total. The number of aromatic nitrogens is 2. The molecule has 1 aliphatic heterocycles. The second-order valence-corrected chi connectivity index (χ2v) is 13.6. The van der Waals surface area contributed by atoms with Crippen LogP contribution in [-0.4, -0.2) is 74.8 Å². The van der Waals surface area contributed by atoms with Crippen molar-refractivity contribution in [1.82, 2.24) is 19.6 Å². The van der Waals surface area contributed by atoms with Crippen molar-refractivity contribution in [2.45, 2.75) is 85.2 Å². The Balaban J connectivity index is 1.46. The lowest BCUT2D eigenvalue weighted by atomic mass is 9.93. The quantitative estimate of drug-likeness (QED) is 0.140. The summed E-state index contributed by atoms with van der Waals surface area (Å²) in [6, 6.07) is 22.0. The fraction of sp³-hybridized carbons (Fsp3) is 0.415. The highest BCUT2D eigenvalue weighted by Gasteiger charge is 2.32. The Morgan fingerprint density at radius 2 is 1.65 bits per heavy atom. The topological polar surface area (TPSA) is 117 Å². The Morgan fingerprint density at radius 1 is 0.961 bits per heavy atom. The summed E-state index contributed by atoms with van der Waals surface area (Å²) in [6.07, 6.45) is 4.28. The highest BCUT2D eigenvalue weighted by molar-refractivity contribution is 6.01. The third-order valence-corrected chi connectivity index (χ3v) is 9.44. The van der Waals surface area contributed by atoms with E-state index in [1.54, 1.807) is 33.8 Å². The van der Waals surface area contributed by atoms with Crippen molar-refractivity contribution in [3.05, 3.63) is 106 Å². The zero-order valence-electron chi connectivity index (χ0n) is 30.5. The van der Waals surface area contributed by atoms with Crippen molar-refractivity contribution >= 4 is 23.4 Å². The number of nitrogens with zero attached hydrogens (tertiary/aromatic N) is 4. The number of hydrogen-bond acceptors (Lipinski definition) is 6. The summed E-state index contributed by atoms with van der Waals surface area (Å²) in [5, 5.41) is 18.0. The number of rotatable bonds is 15. The van der Waals surface area contributed by atoms with Gasteiger partial charge in [-0.1, -0.05) is 76.9 Å². The van der Waals surface area contributed by atoms with Crippen LogP contribution in [0, 0.1) is 6.92 Å². The van der Waals surface area contributed by atoms with Crippen molar-refractivity contribution in [2.75, 3.05) is 31.6 Å². The number of benzene rings is 3. The van der Waals surface area contributed by atoms with E-state index in [9.17, 15) is 19.5 Å². The van der Waals surface area contributed by atoms with Crippen molar-refractivity contribution < 1.29 is 24.2 Å². The van der Waals surface area contributed by atoms with E-state index in [2.05, 4.69) is 33.0 Å². The van der Waals surface area contributed by atoms with Crippen LogP contribution in [0.3, 0.4) is 0 Å². The van der Waals surface area contributed by atoms with Gasteiger partial charge in [-0.25, -0.2) is 4.68 Å². The molecule has 1 aliphatic rings. The molecular formula is C41H51N5O5. The van der Waals surface area contributed by atoms with Gasteiger partial charge in [0, 0.05) is 31.0 Å². The van der Waals surface area contributed by atoms with Gasteiger partial charge in [-0.15, -0.1) is 0 Å². The Kier molecular flexibility index (Phi) is 12.7. The largest absolute Gasteiger partial charge is 0.484 e. The van der Waals surface area contributed by atoms with Gasteiger partial charge in [0.05, 0.1) is 23.9 Å². The summed E-state index contributed by atoms with van der Waals surface area (Å²) in [7, 11) is 0. The van der Waals surface area contributed by atoms with E-state index in [-0.39, 0.29) is 36.5 Å². The first-order chi connectivity index (χ1) is 24.6. The average molecular weight is 694 g/mol. The monoisotopic (exact) mass is 693 g/mol. The Morgan fingerprint density at radius 3 is 2.29 bits per heavy atom. The first-order valence-corrected chi connectivity index (χ1v) is 18.1. The maximum atomic E-state index is 14.6. The van der Waals surface area contributed by atoms with Crippen LogP contribution >= 0.6 is 0 Å². The molecule has 2 heterocycles. The molecule has 51 heavy (non-hydrogen) atoms. The van der Waals surface area contributed by atoms with Crippen LogP contribution in [0.5, 0.6) is 5.75 Å². The fourth-order valence-electron chi connectivity index (χ4n) is 6.41. The second kappa shape index (κ2) is 17.3. The number of amides is 3. The molecule has 3 aromatic carbocycles. The average Bonchev–Trinajstić information content (AvgIpc) is 3.54. The molecule has 0 aliphatic carbocycles. The molecule has 0 saturated heterocycles. The molecule has 1 atom stereocenters. The lowest BCUT2D eigenvalue weighted by molar-refractivity contribution is -0.118. The van der Waals surface area contributed by atoms with Crippen LogP contribution in [0.1, 0.15) is 103 Å². The minimum atomic E-state index is -0.435. The Hall–Kier alpha value is -4.96. The van der Waals surface area contributed by atoms with Crippen LogP contribution in [0.15, 0.2) is 72.8 Å². The predicted molar refractivity (Wildman–Crippen MR) is 200 cm³/mol. The van der Waals surface area contributed by atoms with Crippen molar-refractivity contribution in [3.63, 3.8) is 0 Å². The molecule has 1 aromatic heterocycles. The van der Waals surface area contributed by atoms with Crippen LogP contribution < -0.4 is 10.1 Å². The number of fused-ring (bicyclic) bond motifs is 1. The van der Waals surface area contributed by atoms with E-state index < -0.39 is 6.04 Å². The number of unbranched alkanes of at least 4 members (excludes halogenated alkanes) is 2. The van der Waals surface area contributed by atoms with E-state index in [1.165, 1.54) is 5.56 Å². The van der Waals surface area contributed by atoms with Crippen molar-refractivity contribution in [3.8, 4) is 11.4 Å². The van der Waals surface area contributed by atoms with Gasteiger partial charge in [-0.2, -0.15) is 5.10 Å².